The van der Waals surface area contributed by atoms with Gasteiger partial charge in [0.25, 0.3) is 0 Å². The second-order valence-corrected chi connectivity index (χ2v) is 7.34. The Morgan fingerprint density at radius 3 is 2.40 bits per heavy atom. The fourth-order valence-corrected chi connectivity index (χ4v) is 3.65. The number of rotatable bonds is 8. The molecule has 30 heavy (non-hydrogen) atoms. The van der Waals surface area contributed by atoms with E-state index in [1.165, 1.54) is 4.90 Å². The summed E-state index contributed by atoms with van der Waals surface area (Å²) in [6.07, 6.45) is 0.677. The molecule has 1 heterocycles. The summed E-state index contributed by atoms with van der Waals surface area (Å²) in [5.74, 6) is -1.55. The predicted octanol–water partition coefficient (Wildman–Crippen LogP) is 3.16. The molecule has 158 valence electrons. The van der Waals surface area contributed by atoms with Gasteiger partial charge in [0.15, 0.2) is 0 Å². The maximum Gasteiger partial charge on any atom is 0.410 e. The number of nitrogens with one attached hydrogen (secondary N) is 1. The number of likely N-dealkylation sites (tertiary alicyclic amines) is 1. The third kappa shape index (κ3) is 5.83. The van der Waals surface area contributed by atoms with E-state index in [1.54, 1.807) is 0 Å². The molecule has 2 amide bonds. The van der Waals surface area contributed by atoms with Crippen molar-refractivity contribution in [2.45, 2.75) is 37.8 Å². The molecule has 1 saturated heterocycles. The lowest BCUT2D eigenvalue weighted by Gasteiger charge is -2.24. The fourth-order valence-electron chi connectivity index (χ4n) is 3.65. The fraction of sp³-hybridized carbons (Fsp3) is 0.348. The number of amides is 2. The van der Waals surface area contributed by atoms with Gasteiger partial charge in [-0.25, -0.2) is 4.79 Å². The first-order chi connectivity index (χ1) is 14.5. The second kappa shape index (κ2) is 10.4. The van der Waals surface area contributed by atoms with E-state index in [1.807, 2.05) is 60.7 Å². The van der Waals surface area contributed by atoms with Gasteiger partial charge in [0.2, 0.25) is 5.91 Å². The van der Waals surface area contributed by atoms with Gasteiger partial charge in [0, 0.05) is 19.0 Å². The smallest absolute Gasteiger partial charge is 0.410 e. The van der Waals surface area contributed by atoms with Crippen LogP contribution in [0.15, 0.2) is 60.7 Å². The van der Waals surface area contributed by atoms with Crippen molar-refractivity contribution in [2.75, 3.05) is 13.1 Å². The van der Waals surface area contributed by atoms with Crippen LogP contribution in [-0.2, 0) is 20.9 Å². The van der Waals surface area contributed by atoms with Crippen molar-refractivity contribution in [3.05, 3.63) is 71.8 Å². The molecule has 7 nitrogen and oxygen atoms in total. The zero-order chi connectivity index (χ0) is 21.3. The van der Waals surface area contributed by atoms with Gasteiger partial charge >= 0.3 is 12.1 Å². The molecule has 1 aliphatic heterocycles. The number of aliphatic carboxylic acids is 1. The Bertz CT molecular complexity index is 856. The van der Waals surface area contributed by atoms with E-state index in [4.69, 9.17) is 4.74 Å². The van der Waals surface area contributed by atoms with Crippen molar-refractivity contribution in [1.29, 1.82) is 0 Å². The predicted molar refractivity (Wildman–Crippen MR) is 111 cm³/mol. The van der Waals surface area contributed by atoms with Crippen molar-refractivity contribution < 1.29 is 24.2 Å². The van der Waals surface area contributed by atoms with Crippen molar-refractivity contribution >= 4 is 18.0 Å². The van der Waals surface area contributed by atoms with Gasteiger partial charge in [-0.1, -0.05) is 60.7 Å². The largest absolute Gasteiger partial charge is 0.481 e. The number of nitrogens with zero attached hydrogens (tertiary/aromatic N) is 1. The van der Waals surface area contributed by atoms with Gasteiger partial charge in [0.05, 0.1) is 6.42 Å². The molecule has 0 aromatic heterocycles. The van der Waals surface area contributed by atoms with E-state index in [2.05, 4.69) is 5.32 Å². The highest BCUT2D eigenvalue weighted by molar-refractivity contribution is 5.86. The SMILES string of the molecule is O=C(O)C[C@H](CNC(=O)[C@H]1CCCN1C(=O)OCc1ccccc1)c1ccccc1. The Hall–Kier alpha value is -3.35. The number of carbonyl (C=O) groups excluding carboxylic acids is 2. The van der Waals surface area contributed by atoms with Gasteiger partial charge < -0.3 is 15.2 Å². The minimum Gasteiger partial charge on any atom is -0.481 e. The monoisotopic (exact) mass is 410 g/mol. The molecule has 0 spiro atoms. The quantitative estimate of drug-likeness (QED) is 0.697. The molecule has 3 rings (SSSR count). The molecule has 2 aromatic carbocycles. The molecule has 2 N–H and O–H groups in total. The van der Waals surface area contributed by atoms with Crippen molar-refractivity contribution in [1.82, 2.24) is 10.2 Å². The Balaban J connectivity index is 1.56. The summed E-state index contributed by atoms with van der Waals surface area (Å²) in [6, 6.07) is 18.0. The van der Waals surface area contributed by atoms with Gasteiger partial charge in [-0.15, -0.1) is 0 Å². The van der Waals surface area contributed by atoms with Crippen LogP contribution in [0.25, 0.3) is 0 Å². The molecule has 0 aliphatic carbocycles. The van der Waals surface area contributed by atoms with Crippen LogP contribution in [0.3, 0.4) is 0 Å². The maximum atomic E-state index is 12.7. The number of hydrogen-bond donors (Lipinski definition) is 2. The summed E-state index contributed by atoms with van der Waals surface area (Å²) in [7, 11) is 0. The van der Waals surface area contributed by atoms with E-state index in [0.29, 0.717) is 13.0 Å². The molecule has 1 fully saturated rings. The zero-order valence-corrected chi connectivity index (χ0v) is 16.7. The molecular formula is C23H26N2O5. The summed E-state index contributed by atoms with van der Waals surface area (Å²) >= 11 is 0. The molecule has 2 atom stereocenters. The van der Waals surface area contributed by atoms with Crippen LogP contribution in [0.1, 0.15) is 36.3 Å². The molecular weight excluding hydrogens is 384 g/mol. The first-order valence-electron chi connectivity index (χ1n) is 10.1. The molecule has 0 radical (unpaired) electrons. The van der Waals surface area contributed by atoms with Crippen LogP contribution < -0.4 is 5.32 Å². The number of carbonyl (C=O) groups is 3. The van der Waals surface area contributed by atoms with E-state index in [9.17, 15) is 19.5 Å². The van der Waals surface area contributed by atoms with Gasteiger partial charge in [0.1, 0.15) is 12.6 Å². The number of carboxylic acid groups (broad SMARTS) is 1. The van der Waals surface area contributed by atoms with E-state index < -0.39 is 18.1 Å². The molecule has 0 saturated carbocycles. The van der Waals surface area contributed by atoms with Crippen molar-refractivity contribution in [2.24, 2.45) is 0 Å². The van der Waals surface area contributed by atoms with Gasteiger partial charge in [-0.2, -0.15) is 0 Å². The van der Waals surface area contributed by atoms with Crippen molar-refractivity contribution in [3.63, 3.8) is 0 Å². The second-order valence-electron chi connectivity index (χ2n) is 7.34. The third-order valence-electron chi connectivity index (χ3n) is 5.21. The first-order valence-corrected chi connectivity index (χ1v) is 10.1. The summed E-state index contributed by atoms with van der Waals surface area (Å²) in [6.45, 7) is 0.806. The van der Waals surface area contributed by atoms with Gasteiger partial charge in [-0.3, -0.25) is 14.5 Å². The third-order valence-corrected chi connectivity index (χ3v) is 5.21. The average Bonchev–Trinajstić information content (AvgIpc) is 3.26. The van der Waals surface area contributed by atoms with E-state index in [0.717, 1.165) is 17.5 Å². The van der Waals surface area contributed by atoms with Crippen LogP contribution in [0.5, 0.6) is 0 Å². The number of hydrogen-bond acceptors (Lipinski definition) is 4. The Morgan fingerprint density at radius 1 is 1.07 bits per heavy atom. The highest BCUT2D eigenvalue weighted by Crippen LogP contribution is 2.21. The topological polar surface area (TPSA) is 95.9 Å². The molecule has 0 unspecified atom stereocenters. The van der Waals surface area contributed by atoms with Crippen molar-refractivity contribution in [3.8, 4) is 0 Å². The van der Waals surface area contributed by atoms with E-state index >= 15 is 0 Å². The normalized spacial score (nSPS) is 16.7. The highest BCUT2D eigenvalue weighted by Gasteiger charge is 2.35. The Morgan fingerprint density at radius 2 is 1.73 bits per heavy atom. The lowest BCUT2D eigenvalue weighted by Crippen LogP contribution is -2.47. The molecule has 1 aliphatic rings. The Labute approximate surface area is 175 Å². The highest BCUT2D eigenvalue weighted by atomic mass is 16.6. The van der Waals surface area contributed by atoms with Crippen LogP contribution in [0, 0.1) is 0 Å². The Kier molecular flexibility index (Phi) is 7.43. The minimum absolute atomic E-state index is 0.0855. The summed E-state index contributed by atoms with van der Waals surface area (Å²) in [4.78, 5) is 37.9. The lowest BCUT2D eigenvalue weighted by molar-refractivity contribution is -0.137. The standard InChI is InChI=1S/C23H26N2O5/c26-21(27)14-19(18-10-5-2-6-11-18)15-24-22(28)20-12-7-13-25(20)23(29)30-16-17-8-3-1-4-9-17/h1-6,8-11,19-20H,7,12-16H2,(H,24,28)(H,26,27)/t19-,20-/m1/s1. The van der Waals surface area contributed by atoms with Gasteiger partial charge in [-0.05, 0) is 24.0 Å². The zero-order valence-electron chi connectivity index (χ0n) is 16.7. The van der Waals surface area contributed by atoms with Crippen LogP contribution in [0.4, 0.5) is 4.79 Å². The summed E-state index contributed by atoms with van der Waals surface area (Å²) in [5.41, 5.74) is 1.73. The number of benzene rings is 2. The number of carboxylic acids is 1. The first kappa shape index (κ1) is 21.4. The minimum atomic E-state index is -0.926. The molecule has 7 heteroatoms. The van der Waals surface area contributed by atoms with Crippen LogP contribution in [0.2, 0.25) is 0 Å². The van der Waals surface area contributed by atoms with E-state index in [-0.39, 0.29) is 31.4 Å². The molecule has 2 aromatic rings. The van der Waals surface area contributed by atoms with Crippen LogP contribution >= 0.6 is 0 Å². The summed E-state index contributed by atoms with van der Waals surface area (Å²) in [5, 5.41) is 12.0. The number of ether oxygens (including phenoxy) is 1. The lowest BCUT2D eigenvalue weighted by atomic mass is 9.95. The van der Waals surface area contributed by atoms with Crippen LogP contribution in [-0.4, -0.2) is 47.1 Å². The average molecular weight is 410 g/mol. The summed E-state index contributed by atoms with van der Waals surface area (Å²) < 4.78 is 5.37. The molecule has 0 bridgehead atoms. The maximum absolute atomic E-state index is 12.7.